The summed E-state index contributed by atoms with van der Waals surface area (Å²) < 4.78 is 5.14. The van der Waals surface area contributed by atoms with E-state index in [-0.39, 0.29) is 12.6 Å². The number of amides is 2. The van der Waals surface area contributed by atoms with Crippen molar-refractivity contribution in [3.05, 3.63) is 29.8 Å². The molecule has 2 aliphatic rings. The Hall–Kier alpha value is -1.75. The second-order valence-corrected chi connectivity index (χ2v) is 6.35. The van der Waals surface area contributed by atoms with Gasteiger partial charge in [-0.2, -0.15) is 0 Å². The van der Waals surface area contributed by atoms with Gasteiger partial charge in [0, 0.05) is 12.6 Å². The molecule has 2 aliphatic carbocycles. The first-order chi connectivity index (χ1) is 10.7. The van der Waals surface area contributed by atoms with Crippen LogP contribution < -0.4 is 15.4 Å². The molecule has 0 radical (unpaired) electrons. The Bertz CT molecular complexity index is 514. The maximum absolute atomic E-state index is 12.0. The van der Waals surface area contributed by atoms with Crippen LogP contribution in [0.2, 0.25) is 0 Å². The summed E-state index contributed by atoms with van der Waals surface area (Å²) in [5.74, 6) is 2.03. The van der Waals surface area contributed by atoms with Crippen molar-refractivity contribution in [2.45, 2.75) is 37.8 Å². The number of nitrogens with one attached hydrogen (secondary N) is 2. The number of methoxy groups -OCH3 is 1. The minimum atomic E-state index is -0.735. The van der Waals surface area contributed by atoms with E-state index in [0.29, 0.717) is 23.6 Å². The van der Waals surface area contributed by atoms with Gasteiger partial charge in [0.2, 0.25) is 0 Å². The number of hydrogen-bond donors (Lipinski definition) is 3. The van der Waals surface area contributed by atoms with Crippen molar-refractivity contribution in [1.29, 1.82) is 0 Å². The summed E-state index contributed by atoms with van der Waals surface area (Å²) in [5.41, 5.74) is 0.737. The number of rotatable bonds is 7. The molecule has 0 aromatic heterocycles. The normalized spacial score (nSPS) is 18.9. The largest absolute Gasteiger partial charge is 0.497 e. The molecule has 0 aliphatic heterocycles. The summed E-state index contributed by atoms with van der Waals surface area (Å²) >= 11 is 0. The molecular weight excluding hydrogens is 280 g/mol. The molecule has 3 rings (SSSR count). The molecule has 3 N–H and O–H groups in total. The number of urea groups is 1. The highest BCUT2D eigenvalue weighted by Gasteiger charge is 2.42. The standard InChI is InChI=1S/C17H24N2O3/c1-22-14-4-2-3-13(9-14)15(20)10-18-17(21)19-16(11-5-6-11)12-7-8-12/h2-4,9,11-12,15-16,20H,5-8,10H2,1H3,(H2,18,19,21). The molecular formula is C17H24N2O3. The highest BCUT2D eigenvalue weighted by Crippen LogP contribution is 2.44. The Kier molecular flexibility index (Phi) is 4.52. The van der Waals surface area contributed by atoms with Gasteiger partial charge < -0.3 is 20.5 Å². The van der Waals surface area contributed by atoms with Gasteiger partial charge in [0.15, 0.2) is 0 Å². The lowest BCUT2D eigenvalue weighted by Crippen LogP contribution is -2.45. The lowest BCUT2D eigenvalue weighted by Gasteiger charge is -2.19. The van der Waals surface area contributed by atoms with Crippen molar-refractivity contribution in [2.75, 3.05) is 13.7 Å². The van der Waals surface area contributed by atoms with Crippen LogP contribution in [-0.2, 0) is 0 Å². The molecule has 1 atom stereocenters. The first kappa shape index (κ1) is 15.2. The predicted molar refractivity (Wildman–Crippen MR) is 83.7 cm³/mol. The molecule has 0 bridgehead atoms. The molecule has 1 unspecified atom stereocenters. The predicted octanol–water partition coefficient (Wildman–Crippen LogP) is 2.22. The van der Waals surface area contributed by atoms with Gasteiger partial charge in [0.25, 0.3) is 0 Å². The van der Waals surface area contributed by atoms with Crippen molar-refractivity contribution in [3.63, 3.8) is 0 Å². The van der Waals surface area contributed by atoms with E-state index < -0.39 is 6.10 Å². The van der Waals surface area contributed by atoms with Crippen LogP contribution in [0.3, 0.4) is 0 Å². The Labute approximate surface area is 131 Å². The van der Waals surface area contributed by atoms with E-state index in [1.165, 1.54) is 25.7 Å². The van der Waals surface area contributed by atoms with Crippen LogP contribution in [-0.4, -0.2) is 30.8 Å². The lowest BCUT2D eigenvalue weighted by atomic mass is 10.1. The maximum Gasteiger partial charge on any atom is 0.315 e. The van der Waals surface area contributed by atoms with Gasteiger partial charge in [-0.25, -0.2) is 4.79 Å². The summed E-state index contributed by atoms with van der Waals surface area (Å²) in [4.78, 5) is 12.0. The van der Waals surface area contributed by atoms with Gasteiger partial charge in [-0.05, 0) is 55.2 Å². The second kappa shape index (κ2) is 6.57. The fourth-order valence-electron chi connectivity index (χ4n) is 2.89. The first-order valence-corrected chi connectivity index (χ1v) is 8.03. The van der Waals surface area contributed by atoms with E-state index in [1.807, 2.05) is 18.2 Å². The minimum Gasteiger partial charge on any atom is -0.497 e. The first-order valence-electron chi connectivity index (χ1n) is 8.03. The SMILES string of the molecule is COc1cccc(C(O)CNC(=O)NC(C2CC2)C2CC2)c1. The van der Waals surface area contributed by atoms with Crippen LogP contribution in [0.25, 0.3) is 0 Å². The Balaban J connectivity index is 1.47. The van der Waals surface area contributed by atoms with Crippen molar-refractivity contribution in [1.82, 2.24) is 10.6 Å². The molecule has 2 amide bonds. The molecule has 5 nitrogen and oxygen atoms in total. The van der Waals surface area contributed by atoms with Gasteiger partial charge in [-0.15, -0.1) is 0 Å². The van der Waals surface area contributed by atoms with Crippen LogP contribution in [0.1, 0.15) is 37.4 Å². The maximum atomic E-state index is 12.0. The van der Waals surface area contributed by atoms with Crippen molar-refractivity contribution >= 4 is 6.03 Å². The third-order valence-corrected chi connectivity index (χ3v) is 4.49. The average Bonchev–Trinajstić information content (AvgIpc) is 3.42. The third kappa shape index (κ3) is 3.91. The van der Waals surface area contributed by atoms with E-state index >= 15 is 0 Å². The van der Waals surface area contributed by atoms with Crippen molar-refractivity contribution in [2.24, 2.45) is 11.8 Å². The van der Waals surface area contributed by atoms with Gasteiger partial charge in [-0.3, -0.25) is 0 Å². The highest BCUT2D eigenvalue weighted by atomic mass is 16.5. The molecule has 2 fully saturated rings. The third-order valence-electron chi connectivity index (χ3n) is 4.49. The number of hydrogen-bond acceptors (Lipinski definition) is 3. The smallest absolute Gasteiger partial charge is 0.315 e. The number of aliphatic hydroxyl groups is 1. The van der Waals surface area contributed by atoms with Crippen LogP contribution in [0.4, 0.5) is 4.79 Å². The van der Waals surface area contributed by atoms with E-state index in [1.54, 1.807) is 13.2 Å². The zero-order valence-electron chi connectivity index (χ0n) is 12.9. The van der Waals surface area contributed by atoms with Gasteiger partial charge >= 0.3 is 6.03 Å². The number of benzene rings is 1. The monoisotopic (exact) mass is 304 g/mol. The molecule has 5 heteroatoms. The zero-order chi connectivity index (χ0) is 15.5. The zero-order valence-corrected chi connectivity index (χ0v) is 12.9. The van der Waals surface area contributed by atoms with Crippen LogP contribution >= 0.6 is 0 Å². The molecule has 1 aromatic rings. The van der Waals surface area contributed by atoms with E-state index in [9.17, 15) is 9.90 Å². The summed E-state index contributed by atoms with van der Waals surface area (Å²) in [7, 11) is 1.59. The number of carbonyl (C=O) groups excluding carboxylic acids is 1. The topological polar surface area (TPSA) is 70.6 Å². The van der Waals surface area contributed by atoms with Crippen LogP contribution in [0.5, 0.6) is 5.75 Å². The summed E-state index contributed by atoms with van der Waals surface area (Å²) in [5, 5.41) is 16.0. The quantitative estimate of drug-likeness (QED) is 0.723. The number of aliphatic hydroxyl groups excluding tert-OH is 1. The molecule has 22 heavy (non-hydrogen) atoms. The Morgan fingerprint density at radius 1 is 1.32 bits per heavy atom. The summed E-state index contributed by atoms with van der Waals surface area (Å²) in [6.07, 6.45) is 4.19. The molecule has 0 spiro atoms. The fraction of sp³-hybridized carbons (Fsp3) is 0.588. The van der Waals surface area contributed by atoms with Gasteiger partial charge in [0.05, 0.1) is 13.2 Å². The fourth-order valence-corrected chi connectivity index (χ4v) is 2.89. The average molecular weight is 304 g/mol. The molecule has 2 saturated carbocycles. The Morgan fingerprint density at radius 2 is 2.00 bits per heavy atom. The van der Waals surface area contributed by atoms with Crippen molar-refractivity contribution in [3.8, 4) is 5.75 Å². The van der Waals surface area contributed by atoms with Crippen LogP contribution in [0, 0.1) is 11.8 Å². The highest BCUT2D eigenvalue weighted by molar-refractivity contribution is 5.74. The minimum absolute atomic E-state index is 0.175. The van der Waals surface area contributed by atoms with E-state index in [4.69, 9.17) is 4.74 Å². The van der Waals surface area contributed by atoms with E-state index in [2.05, 4.69) is 10.6 Å². The molecule has 1 aromatic carbocycles. The summed E-state index contributed by atoms with van der Waals surface area (Å²) in [6, 6.07) is 7.41. The van der Waals surface area contributed by atoms with Gasteiger partial charge in [-0.1, -0.05) is 12.1 Å². The second-order valence-electron chi connectivity index (χ2n) is 6.35. The molecule has 0 heterocycles. The van der Waals surface area contributed by atoms with Crippen molar-refractivity contribution < 1.29 is 14.6 Å². The Morgan fingerprint density at radius 3 is 2.59 bits per heavy atom. The lowest BCUT2D eigenvalue weighted by molar-refractivity contribution is 0.171. The van der Waals surface area contributed by atoms with Gasteiger partial charge in [0.1, 0.15) is 5.75 Å². The molecule has 120 valence electrons. The molecule has 0 saturated heterocycles. The van der Waals surface area contributed by atoms with E-state index in [0.717, 1.165) is 5.56 Å². The number of ether oxygens (including phenoxy) is 1. The summed E-state index contributed by atoms with van der Waals surface area (Å²) in [6.45, 7) is 0.195. The number of carbonyl (C=O) groups is 1. The van der Waals surface area contributed by atoms with Crippen LogP contribution in [0.15, 0.2) is 24.3 Å².